The number of hydrogen-bond acceptors (Lipinski definition) is 2. The summed E-state index contributed by atoms with van der Waals surface area (Å²) < 4.78 is 0. The average molecular weight is 147 g/mol. The number of thiol groups is 1. The molecular weight excluding hydrogens is 130 g/mol. The molecule has 0 bridgehead atoms. The molecule has 0 saturated carbocycles. The first kappa shape index (κ1) is 9.31. The van der Waals surface area contributed by atoms with E-state index in [1.807, 2.05) is 0 Å². The van der Waals surface area contributed by atoms with Crippen LogP contribution in [0.3, 0.4) is 0 Å². The Morgan fingerprint density at radius 1 is 1.33 bits per heavy atom. The van der Waals surface area contributed by atoms with Gasteiger partial charge in [0.2, 0.25) is 0 Å². The zero-order chi connectivity index (χ0) is 7.11. The minimum absolute atomic E-state index is 0.630. The Morgan fingerprint density at radius 3 is 2.44 bits per heavy atom. The van der Waals surface area contributed by atoms with Crippen molar-refractivity contribution in [3.05, 3.63) is 0 Å². The van der Waals surface area contributed by atoms with Crippen LogP contribution in [-0.4, -0.2) is 18.3 Å². The van der Waals surface area contributed by atoms with Crippen LogP contribution in [0.15, 0.2) is 0 Å². The monoisotopic (exact) mass is 147 g/mol. The highest BCUT2D eigenvalue weighted by molar-refractivity contribution is 7.80. The summed E-state index contributed by atoms with van der Waals surface area (Å²) in [5, 5.41) is 3.35. The van der Waals surface area contributed by atoms with Crippen molar-refractivity contribution < 1.29 is 0 Å². The van der Waals surface area contributed by atoms with Gasteiger partial charge >= 0.3 is 0 Å². The molecule has 2 heteroatoms. The zero-order valence-corrected chi connectivity index (χ0v) is 7.25. The summed E-state index contributed by atoms with van der Waals surface area (Å²) in [4.78, 5) is 0. The van der Waals surface area contributed by atoms with Gasteiger partial charge in [-0.1, -0.05) is 13.8 Å². The number of unbranched alkanes of at least 4 members (excludes halogenated alkanes) is 1. The fourth-order valence-corrected chi connectivity index (χ4v) is 0.851. The van der Waals surface area contributed by atoms with Crippen LogP contribution >= 0.6 is 12.6 Å². The van der Waals surface area contributed by atoms with Gasteiger partial charge in [-0.15, -0.1) is 0 Å². The van der Waals surface area contributed by atoms with Gasteiger partial charge in [0.15, 0.2) is 0 Å². The number of hydrogen-bond donors (Lipinski definition) is 2. The molecule has 0 spiro atoms. The lowest BCUT2D eigenvalue weighted by Crippen LogP contribution is -2.23. The van der Waals surface area contributed by atoms with Crippen molar-refractivity contribution >= 4 is 12.6 Å². The standard InChI is InChI=1S/C7H17NS/c1-7(2)8-5-3-4-6-9/h7-9H,3-6H2,1-2H3. The van der Waals surface area contributed by atoms with Crippen LogP contribution in [0.1, 0.15) is 26.7 Å². The third-order valence-corrected chi connectivity index (χ3v) is 1.45. The lowest BCUT2D eigenvalue weighted by Gasteiger charge is -2.05. The van der Waals surface area contributed by atoms with Crippen molar-refractivity contribution in [1.29, 1.82) is 0 Å². The maximum atomic E-state index is 4.12. The van der Waals surface area contributed by atoms with Gasteiger partial charge in [0.25, 0.3) is 0 Å². The van der Waals surface area contributed by atoms with Crippen molar-refractivity contribution in [2.75, 3.05) is 12.3 Å². The highest BCUT2D eigenvalue weighted by atomic mass is 32.1. The van der Waals surface area contributed by atoms with Crippen LogP contribution in [0.4, 0.5) is 0 Å². The maximum absolute atomic E-state index is 4.12. The summed E-state index contributed by atoms with van der Waals surface area (Å²) in [5.74, 6) is 1.01. The van der Waals surface area contributed by atoms with Gasteiger partial charge in [-0.3, -0.25) is 0 Å². The van der Waals surface area contributed by atoms with Gasteiger partial charge in [-0.2, -0.15) is 12.6 Å². The first-order chi connectivity index (χ1) is 4.27. The van der Waals surface area contributed by atoms with E-state index in [9.17, 15) is 0 Å². The summed E-state index contributed by atoms with van der Waals surface area (Å²) in [7, 11) is 0. The van der Waals surface area contributed by atoms with Gasteiger partial charge in [-0.25, -0.2) is 0 Å². The van der Waals surface area contributed by atoms with E-state index < -0.39 is 0 Å². The SMILES string of the molecule is CC(C)NCCCCS. The zero-order valence-electron chi connectivity index (χ0n) is 6.35. The summed E-state index contributed by atoms with van der Waals surface area (Å²) in [6.07, 6.45) is 2.48. The molecule has 0 saturated heterocycles. The quantitative estimate of drug-likeness (QED) is 0.445. The summed E-state index contributed by atoms with van der Waals surface area (Å²) in [5.41, 5.74) is 0. The average Bonchev–Trinajstić information content (AvgIpc) is 1.80. The van der Waals surface area contributed by atoms with Crippen LogP contribution in [0.2, 0.25) is 0 Å². The first-order valence-electron chi connectivity index (χ1n) is 3.61. The molecular formula is C7H17NS. The summed E-state index contributed by atoms with van der Waals surface area (Å²) >= 11 is 4.12. The highest BCUT2D eigenvalue weighted by Gasteiger charge is 1.89. The largest absolute Gasteiger partial charge is 0.315 e. The molecule has 0 aromatic heterocycles. The summed E-state index contributed by atoms with van der Waals surface area (Å²) in [6, 6.07) is 0.630. The van der Waals surface area contributed by atoms with Crippen molar-refractivity contribution in [3.63, 3.8) is 0 Å². The second-order valence-corrected chi connectivity index (χ2v) is 2.99. The molecule has 0 aromatic carbocycles. The van der Waals surface area contributed by atoms with Crippen molar-refractivity contribution in [2.24, 2.45) is 0 Å². The molecule has 9 heavy (non-hydrogen) atoms. The molecule has 56 valence electrons. The van der Waals surface area contributed by atoms with Gasteiger partial charge < -0.3 is 5.32 Å². The molecule has 0 aliphatic carbocycles. The molecule has 0 rings (SSSR count). The minimum atomic E-state index is 0.630. The maximum Gasteiger partial charge on any atom is 0.00103 e. The first-order valence-corrected chi connectivity index (χ1v) is 4.25. The molecule has 1 nitrogen and oxygen atoms in total. The Hall–Kier alpha value is 0.310. The molecule has 0 aliphatic heterocycles. The van der Waals surface area contributed by atoms with Gasteiger partial charge in [0.05, 0.1) is 0 Å². The molecule has 0 fully saturated rings. The van der Waals surface area contributed by atoms with Crippen LogP contribution in [0, 0.1) is 0 Å². The highest BCUT2D eigenvalue weighted by Crippen LogP contribution is 1.89. The minimum Gasteiger partial charge on any atom is -0.315 e. The fraction of sp³-hybridized carbons (Fsp3) is 1.00. The lowest BCUT2D eigenvalue weighted by molar-refractivity contribution is 0.568. The van der Waals surface area contributed by atoms with E-state index in [1.54, 1.807) is 0 Å². The predicted octanol–water partition coefficient (Wildman–Crippen LogP) is 1.69. The van der Waals surface area contributed by atoms with Crippen molar-refractivity contribution in [1.82, 2.24) is 5.32 Å². The van der Waals surface area contributed by atoms with Crippen molar-refractivity contribution in [3.8, 4) is 0 Å². The third kappa shape index (κ3) is 8.31. The Kier molecular flexibility index (Phi) is 6.65. The molecule has 0 aromatic rings. The molecule has 0 radical (unpaired) electrons. The Labute approximate surface area is 63.6 Å². The van der Waals surface area contributed by atoms with Gasteiger partial charge in [0, 0.05) is 6.04 Å². The van der Waals surface area contributed by atoms with E-state index in [0.717, 1.165) is 12.3 Å². The van der Waals surface area contributed by atoms with Gasteiger partial charge in [-0.05, 0) is 25.1 Å². The third-order valence-electron chi connectivity index (χ3n) is 1.14. The topological polar surface area (TPSA) is 12.0 Å². The predicted molar refractivity (Wildman–Crippen MR) is 46.2 cm³/mol. The number of rotatable bonds is 5. The van der Waals surface area contributed by atoms with E-state index in [0.29, 0.717) is 6.04 Å². The smallest absolute Gasteiger partial charge is 0.00103 e. The second-order valence-electron chi connectivity index (χ2n) is 2.54. The second kappa shape index (κ2) is 6.43. The van der Waals surface area contributed by atoms with Crippen LogP contribution < -0.4 is 5.32 Å². The molecule has 0 aliphatic rings. The van der Waals surface area contributed by atoms with Crippen LogP contribution in [0.25, 0.3) is 0 Å². The molecule has 0 amide bonds. The van der Waals surface area contributed by atoms with E-state index in [2.05, 4.69) is 31.8 Å². The van der Waals surface area contributed by atoms with Crippen LogP contribution in [-0.2, 0) is 0 Å². The Bertz CT molecular complexity index is 54.9. The molecule has 1 N–H and O–H groups in total. The van der Waals surface area contributed by atoms with Gasteiger partial charge in [0.1, 0.15) is 0 Å². The molecule has 0 unspecified atom stereocenters. The molecule has 0 heterocycles. The van der Waals surface area contributed by atoms with E-state index in [-0.39, 0.29) is 0 Å². The lowest BCUT2D eigenvalue weighted by atomic mass is 10.3. The number of nitrogens with one attached hydrogen (secondary N) is 1. The molecule has 0 atom stereocenters. The summed E-state index contributed by atoms with van der Waals surface area (Å²) in [6.45, 7) is 5.47. The van der Waals surface area contributed by atoms with E-state index in [4.69, 9.17) is 0 Å². The fourth-order valence-electron chi connectivity index (χ4n) is 0.628. The van der Waals surface area contributed by atoms with E-state index >= 15 is 0 Å². The normalized spacial score (nSPS) is 10.7. The van der Waals surface area contributed by atoms with Crippen molar-refractivity contribution in [2.45, 2.75) is 32.7 Å². The van der Waals surface area contributed by atoms with E-state index in [1.165, 1.54) is 12.8 Å². The Balaban J connectivity index is 2.75. The Morgan fingerprint density at radius 2 is 2.00 bits per heavy atom. The van der Waals surface area contributed by atoms with Crippen LogP contribution in [0.5, 0.6) is 0 Å².